The molecule has 219 valence electrons. The van der Waals surface area contributed by atoms with Gasteiger partial charge in [0.2, 0.25) is 0 Å². The summed E-state index contributed by atoms with van der Waals surface area (Å²) in [4.78, 5) is 3.25. The Morgan fingerprint density at radius 3 is 0.372 bits per heavy atom. The van der Waals surface area contributed by atoms with Crippen molar-refractivity contribution in [2.75, 3.05) is 0 Å². The summed E-state index contributed by atoms with van der Waals surface area (Å²) in [5.74, 6) is 0. The molecule has 0 fully saturated rings. The molecule has 6 aromatic heterocycles. The average molecular weight is 749 g/mol. The van der Waals surface area contributed by atoms with Crippen LogP contribution >= 0.6 is 0 Å². The van der Waals surface area contributed by atoms with Crippen molar-refractivity contribution in [1.29, 1.82) is 10.5 Å². The van der Waals surface area contributed by atoms with Crippen molar-refractivity contribution in [2.45, 2.75) is 0 Å². The number of rotatable bonds is 0. The van der Waals surface area contributed by atoms with E-state index in [1.54, 1.807) is 84.3 Å². The Labute approximate surface area is 276 Å². The van der Waals surface area contributed by atoms with E-state index in [0.717, 1.165) is 0 Å². The SMILES string of the molecule is N#C[Se-].N#C[Se-].[Co+2].c1ccnnc1.c1ccnnc1.c1ccnnc1.c1ccnnc1.c1ccnnc1.c1ccnnc1. The third kappa shape index (κ3) is 47.2. The Bertz CT molecular complexity index is 895. The Kier molecular flexibility index (Phi) is 43.5. The number of aromatic nitrogens is 12. The molecule has 1 radical (unpaired) electrons. The van der Waals surface area contributed by atoms with Crippen molar-refractivity contribution in [3.8, 4) is 9.94 Å². The number of nitriles is 2. The average Bonchev–Trinajstić information content (AvgIpc) is 3.12. The number of hydrogen-bond acceptors (Lipinski definition) is 14. The number of hydrogen-bond donors (Lipinski definition) is 0. The molecule has 6 heterocycles. The van der Waals surface area contributed by atoms with Gasteiger partial charge in [-0.1, -0.05) is 0 Å². The zero-order valence-corrected chi connectivity index (χ0v) is 26.7. The molecule has 0 spiro atoms. The Hall–Kier alpha value is -4.99. The van der Waals surface area contributed by atoms with E-state index >= 15 is 0 Å². The minimum absolute atomic E-state index is 0. The van der Waals surface area contributed by atoms with Gasteiger partial charge >= 0.3 is 69.3 Å². The molecule has 0 aliphatic heterocycles. The van der Waals surface area contributed by atoms with E-state index in [0.29, 0.717) is 0 Å². The van der Waals surface area contributed by atoms with Gasteiger partial charge in [0.25, 0.3) is 0 Å². The maximum absolute atomic E-state index is 7.26. The van der Waals surface area contributed by atoms with E-state index in [4.69, 9.17) is 10.5 Å². The van der Waals surface area contributed by atoms with Crippen LogP contribution in [-0.4, -0.2) is 93.2 Å². The largest absolute Gasteiger partial charge is 2.00 e. The Morgan fingerprint density at radius 2 is 0.349 bits per heavy atom. The summed E-state index contributed by atoms with van der Waals surface area (Å²) in [7, 11) is 0. The van der Waals surface area contributed by atoms with Crippen LogP contribution in [0.25, 0.3) is 0 Å². The molecule has 0 atom stereocenters. The topological polar surface area (TPSA) is 202 Å². The van der Waals surface area contributed by atoms with E-state index in [1.165, 1.54) is 0 Å². The smallest absolute Gasteiger partial charge is 0.159 e. The second kappa shape index (κ2) is 44.0. The van der Waals surface area contributed by atoms with E-state index in [1.807, 2.05) is 72.8 Å². The van der Waals surface area contributed by atoms with Gasteiger partial charge in [-0.15, -0.1) is 0 Å². The van der Waals surface area contributed by atoms with Gasteiger partial charge in [-0.05, 0) is 72.8 Å². The molecule has 0 saturated heterocycles. The van der Waals surface area contributed by atoms with Gasteiger partial charge in [0, 0.05) is 74.4 Å². The first-order valence-electron chi connectivity index (χ1n) is 11.2. The zero-order valence-electron chi connectivity index (χ0n) is 22.3. The van der Waals surface area contributed by atoms with Gasteiger partial charge < -0.3 is 0 Å². The summed E-state index contributed by atoms with van der Waals surface area (Å²) >= 11 is 4.22. The summed E-state index contributed by atoms with van der Waals surface area (Å²) in [6, 6.07) is 21.9. The number of nitrogens with zero attached hydrogens (tertiary/aromatic N) is 14. The normalized spacial score (nSPS) is 7.02. The van der Waals surface area contributed by atoms with Crippen molar-refractivity contribution < 1.29 is 16.8 Å². The molecular weight excluding hydrogens is 725 g/mol. The Morgan fingerprint density at radius 1 is 0.279 bits per heavy atom. The summed E-state index contributed by atoms with van der Waals surface area (Å²) in [5.41, 5.74) is 0. The fraction of sp³-hybridized carbons (Fsp3) is 0. The molecule has 17 heteroatoms. The van der Waals surface area contributed by atoms with Crippen LogP contribution in [0.3, 0.4) is 0 Å². The van der Waals surface area contributed by atoms with Crippen LogP contribution in [-0.2, 0) is 16.8 Å². The quantitative estimate of drug-likeness (QED) is 0.204. The molecule has 0 unspecified atom stereocenters. The van der Waals surface area contributed by atoms with Crippen LogP contribution in [0.2, 0.25) is 0 Å². The van der Waals surface area contributed by atoms with Crippen molar-refractivity contribution in [3.63, 3.8) is 0 Å². The van der Waals surface area contributed by atoms with E-state index in [2.05, 4.69) is 93.2 Å². The minimum atomic E-state index is 0. The summed E-state index contributed by atoms with van der Waals surface area (Å²) < 4.78 is 0. The second-order valence-electron chi connectivity index (χ2n) is 5.67. The van der Waals surface area contributed by atoms with Crippen molar-refractivity contribution >= 4 is 32.0 Å². The predicted molar refractivity (Wildman–Crippen MR) is 155 cm³/mol. The van der Waals surface area contributed by atoms with Crippen molar-refractivity contribution in [1.82, 2.24) is 61.2 Å². The Balaban J connectivity index is -0.000000429. The summed E-state index contributed by atoms with van der Waals surface area (Å²) in [6.07, 6.45) is 19.7. The molecule has 6 rings (SSSR count). The molecule has 0 aromatic carbocycles. The van der Waals surface area contributed by atoms with Crippen LogP contribution in [0.4, 0.5) is 0 Å². The standard InChI is InChI=1S/6C4H4N2.2CHNSe.Co/c6*1-2-4-6-5-3-1;2*2-1-3;/h6*1-4H;2*3H;/q;;;;;;;;+2/p-2. The van der Waals surface area contributed by atoms with Crippen molar-refractivity contribution in [3.05, 3.63) is 147 Å². The van der Waals surface area contributed by atoms with Crippen LogP contribution in [0.1, 0.15) is 0 Å². The van der Waals surface area contributed by atoms with Gasteiger partial charge in [-0.2, -0.15) is 61.2 Å². The molecule has 0 aliphatic carbocycles. The van der Waals surface area contributed by atoms with Gasteiger partial charge in [-0.25, -0.2) is 0 Å². The van der Waals surface area contributed by atoms with Gasteiger partial charge in [0.1, 0.15) is 0 Å². The molecular formula is C26H24CoN14Se2. The third-order valence-corrected chi connectivity index (χ3v) is 2.90. The monoisotopic (exact) mass is 751 g/mol. The van der Waals surface area contributed by atoms with Crippen LogP contribution in [0.5, 0.6) is 0 Å². The fourth-order valence-corrected chi connectivity index (χ4v) is 1.52. The maximum atomic E-state index is 7.26. The molecule has 14 nitrogen and oxygen atoms in total. The molecule has 0 bridgehead atoms. The summed E-state index contributed by atoms with van der Waals surface area (Å²) in [5, 5.41) is 56.9. The molecule has 0 saturated carbocycles. The summed E-state index contributed by atoms with van der Waals surface area (Å²) in [6.45, 7) is 0. The van der Waals surface area contributed by atoms with Crippen LogP contribution in [0.15, 0.2) is 147 Å². The third-order valence-electron chi connectivity index (χ3n) is 2.90. The van der Waals surface area contributed by atoms with Crippen molar-refractivity contribution in [2.24, 2.45) is 0 Å². The molecule has 0 aliphatic rings. The molecule has 0 amide bonds. The van der Waals surface area contributed by atoms with E-state index in [-0.39, 0.29) is 16.8 Å². The van der Waals surface area contributed by atoms with Crippen LogP contribution < -0.4 is 0 Å². The van der Waals surface area contributed by atoms with Gasteiger partial charge in [0.15, 0.2) is 0 Å². The van der Waals surface area contributed by atoms with Gasteiger partial charge in [0.05, 0.1) is 0 Å². The van der Waals surface area contributed by atoms with Crippen LogP contribution in [0, 0.1) is 20.5 Å². The van der Waals surface area contributed by atoms with E-state index in [9.17, 15) is 0 Å². The molecule has 6 aromatic rings. The minimum Gasteiger partial charge on any atom is -0.159 e. The maximum Gasteiger partial charge on any atom is 2.00 e. The zero-order chi connectivity index (χ0) is 30.9. The van der Waals surface area contributed by atoms with Gasteiger partial charge in [-0.3, -0.25) is 0 Å². The van der Waals surface area contributed by atoms with E-state index < -0.39 is 0 Å². The molecule has 43 heavy (non-hydrogen) atoms. The second-order valence-corrected chi connectivity index (χ2v) is 6.43. The first-order valence-corrected chi connectivity index (χ1v) is 12.9. The molecule has 0 N–H and O–H groups in total. The first kappa shape index (κ1) is 42.5. The predicted octanol–water partition coefficient (Wildman–Crippen LogP) is 2.13. The first-order chi connectivity index (χ1) is 20.8. The fourth-order valence-electron chi connectivity index (χ4n) is 1.52.